The van der Waals surface area contributed by atoms with Gasteiger partial charge in [0.2, 0.25) is 0 Å². The molecule has 0 bridgehead atoms. The van der Waals surface area contributed by atoms with E-state index in [2.05, 4.69) is 39.8 Å². The molecule has 0 spiro atoms. The van der Waals surface area contributed by atoms with Crippen molar-refractivity contribution in [2.45, 2.75) is 31.3 Å². The van der Waals surface area contributed by atoms with Crippen LogP contribution in [0, 0.1) is 0 Å². The third kappa shape index (κ3) is 3.54. The van der Waals surface area contributed by atoms with Crippen LogP contribution in [0.25, 0.3) is 0 Å². The second kappa shape index (κ2) is 6.88. The summed E-state index contributed by atoms with van der Waals surface area (Å²) >= 11 is 1.68. The number of fused-ring (bicyclic) bond motifs is 1. The van der Waals surface area contributed by atoms with Crippen molar-refractivity contribution in [1.82, 2.24) is 10.6 Å². The predicted molar refractivity (Wildman–Crippen MR) is 98.7 cm³/mol. The Labute approximate surface area is 151 Å². The number of nitrogens with one attached hydrogen (secondary N) is 2. The highest BCUT2D eigenvalue weighted by molar-refractivity contribution is 7.10. The Morgan fingerprint density at radius 1 is 1.16 bits per heavy atom. The van der Waals surface area contributed by atoms with Gasteiger partial charge in [0, 0.05) is 29.7 Å². The van der Waals surface area contributed by atoms with Crippen molar-refractivity contribution in [3.63, 3.8) is 0 Å². The molecular formula is C19H21N3O2S. The van der Waals surface area contributed by atoms with Crippen molar-refractivity contribution in [3.8, 4) is 0 Å². The van der Waals surface area contributed by atoms with E-state index in [0.29, 0.717) is 6.54 Å². The molecule has 2 aromatic rings. The maximum atomic E-state index is 12.1. The van der Waals surface area contributed by atoms with E-state index in [4.69, 9.17) is 0 Å². The zero-order chi connectivity index (χ0) is 17.2. The fourth-order valence-corrected chi connectivity index (χ4v) is 4.12. The van der Waals surface area contributed by atoms with Crippen LogP contribution in [0.1, 0.15) is 29.3 Å². The van der Waals surface area contributed by atoms with Gasteiger partial charge >= 0.3 is 11.8 Å². The molecule has 1 fully saturated rings. The first-order valence-corrected chi connectivity index (χ1v) is 9.57. The lowest BCUT2D eigenvalue weighted by Gasteiger charge is -2.30. The minimum atomic E-state index is -0.541. The number of benzene rings is 1. The van der Waals surface area contributed by atoms with Crippen molar-refractivity contribution in [2.75, 3.05) is 18.0 Å². The second-order valence-corrected chi connectivity index (χ2v) is 7.54. The molecule has 130 valence electrons. The molecule has 2 amide bonds. The first-order chi connectivity index (χ1) is 12.2. The van der Waals surface area contributed by atoms with Gasteiger partial charge in [0.25, 0.3) is 0 Å². The minimum Gasteiger partial charge on any atom is -0.361 e. The Balaban J connectivity index is 1.48. The number of rotatable bonds is 5. The van der Waals surface area contributed by atoms with E-state index < -0.39 is 11.8 Å². The Morgan fingerprint density at radius 2 is 2.00 bits per heavy atom. The number of carbonyl (C=O) groups is 2. The first kappa shape index (κ1) is 16.1. The van der Waals surface area contributed by atoms with Gasteiger partial charge in [-0.05, 0) is 42.3 Å². The van der Waals surface area contributed by atoms with Gasteiger partial charge in [0.1, 0.15) is 0 Å². The van der Waals surface area contributed by atoms with Gasteiger partial charge in [-0.25, -0.2) is 0 Å². The molecule has 4 rings (SSSR count). The van der Waals surface area contributed by atoms with E-state index in [1.807, 2.05) is 17.5 Å². The summed E-state index contributed by atoms with van der Waals surface area (Å²) < 4.78 is 0. The van der Waals surface area contributed by atoms with E-state index in [0.717, 1.165) is 25.8 Å². The number of anilines is 1. The number of hydrogen-bond donors (Lipinski definition) is 2. The minimum absolute atomic E-state index is 0.0429. The lowest BCUT2D eigenvalue weighted by Crippen LogP contribution is -2.44. The molecule has 2 N–H and O–H groups in total. The van der Waals surface area contributed by atoms with Gasteiger partial charge < -0.3 is 15.5 Å². The monoisotopic (exact) mass is 355 g/mol. The topological polar surface area (TPSA) is 61.4 Å². The van der Waals surface area contributed by atoms with Crippen LogP contribution in [0.5, 0.6) is 0 Å². The summed E-state index contributed by atoms with van der Waals surface area (Å²) in [5, 5.41) is 7.61. The van der Waals surface area contributed by atoms with Gasteiger partial charge in [-0.15, -0.1) is 11.3 Å². The molecule has 1 aliphatic carbocycles. The molecule has 6 heteroatoms. The number of hydrogen-bond acceptors (Lipinski definition) is 4. The fourth-order valence-electron chi connectivity index (χ4n) is 3.28. The molecule has 1 atom stereocenters. The Kier molecular flexibility index (Phi) is 4.44. The number of nitrogens with zero attached hydrogens (tertiary/aromatic N) is 1. The van der Waals surface area contributed by atoms with Crippen molar-refractivity contribution in [1.29, 1.82) is 0 Å². The smallest absolute Gasteiger partial charge is 0.309 e. The summed E-state index contributed by atoms with van der Waals surface area (Å²) in [6.45, 7) is 1.35. The lowest BCUT2D eigenvalue weighted by molar-refractivity contribution is -0.139. The Hall–Kier alpha value is -2.34. The zero-order valence-electron chi connectivity index (χ0n) is 13.9. The molecule has 0 unspecified atom stereocenters. The van der Waals surface area contributed by atoms with Crippen LogP contribution in [-0.2, 0) is 16.0 Å². The van der Waals surface area contributed by atoms with Crippen LogP contribution in [0.2, 0.25) is 0 Å². The third-order valence-corrected chi connectivity index (χ3v) is 5.72. The molecular weight excluding hydrogens is 334 g/mol. The van der Waals surface area contributed by atoms with Gasteiger partial charge in [0.05, 0.1) is 6.04 Å². The summed E-state index contributed by atoms with van der Waals surface area (Å²) in [6.07, 6.45) is 2.96. The van der Waals surface area contributed by atoms with Gasteiger partial charge in [-0.1, -0.05) is 24.3 Å². The number of para-hydroxylation sites is 1. The molecule has 1 aromatic carbocycles. The van der Waals surface area contributed by atoms with Crippen molar-refractivity contribution in [3.05, 3.63) is 52.2 Å². The summed E-state index contributed by atoms with van der Waals surface area (Å²) in [5.74, 6) is -1.06. The molecule has 1 aromatic heterocycles. The van der Waals surface area contributed by atoms with Crippen molar-refractivity contribution < 1.29 is 9.59 Å². The van der Waals surface area contributed by atoms with Crippen molar-refractivity contribution in [2.24, 2.45) is 0 Å². The first-order valence-electron chi connectivity index (χ1n) is 8.69. The van der Waals surface area contributed by atoms with E-state index in [-0.39, 0.29) is 12.1 Å². The molecule has 5 nitrogen and oxygen atoms in total. The molecule has 1 saturated carbocycles. The summed E-state index contributed by atoms with van der Waals surface area (Å²) in [5.41, 5.74) is 2.56. The van der Waals surface area contributed by atoms with Crippen LogP contribution < -0.4 is 15.5 Å². The summed E-state index contributed by atoms with van der Waals surface area (Å²) in [4.78, 5) is 27.5. The van der Waals surface area contributed by atoms with Crippen molar-refractivity contribution >= 4 is 28.8 Å². The van der Waals surface area contributed by atoms with E-state index in [1.165, 1.54) is 16.1 Å². The second-order valence-electron chi connectivity index (χ2n) is 6.56. The Morgan fingerprint density at radius 3 is 2.76 bits per heavy atom. The van der Waals surface area contributed by atoms with Crippen LogP contribution in [0.4, 0.5) is 5.69 Å². The number of thiophene rings is 1. The highest BCUT2D eigenvalue weighted by Gasteiger charge is 2.30. The largest absolute Gasteiger partial charge is 0.361 e. The molecule has 0 saturated heterocycles. The van der Waals surface area contributed by atoms with Crippen LogP contribution >= 0.6 is 11.3 Å². The zero-order valence-corrected chi connectivity index (χ0v) is 14.7. The van der Waals surface area contributed by atoms with E-state index in [9.17, 15) is 9.59 Å². The maximum absolute atomic E-state index is 12.1. The third-order valence-electron chi connectivity index (χ3n) is 4.75. The average molecular weight is 355 g/mol. The lowest BCUT2D eigenvalue weighted by atomic mass is 10.1. The average Bonchev–Trinajstić information content (AvgIpc) is 3.12. The van der Waals surface area contributed by atoms with Gasteiger partial charge in [-0.2, -0.15) is 0 Å². The van der Waals surface area contributed by atoms with Gasteiger partial charge in [0.15, 0.2) is 0 Å². The molecule has 1 aliphatic heterocycles. The standard InChI is InChI=1S/C19H21N3O2S/c23-18(19(24)21-14-7-8-14)20-12-16(17-6-3-11-25-17)22-10-9-13-4-1-2-5-15(13)22/h1-6,11,14,16H,7-10,12H2,(H,20,23)(H,21,24)/t16-/m1/s1. The van der Waals surface area contributed by atoms with E-state index >= 15 is 0 Å². The quantitative estimate of drug-likeness (QED) is 0.809. The predicted octanol–water partition coefficient (Wildman–Crippen LogP) is 2.25. The summed E-state index contributed by atoms with van der Waals surface area (Å²) in [7, 11) is 0. The number of carbonyl (C=O) groups excluding carboxylic acids is 2. The molecule has 25 heavy (non-hydrogen) atoms. The molecule has 2 aliphatic rings. The number of amides is 2. The highest BCUT2D eigenvalue weighted by atomic mass is 32.1. The molecule has 2 heterocycles. The van der Waals surface area contributed by atoms with Crippen LogP contribution in [0.15, 0.2) is 41.8 Å². The summed E-state index contributed by atoms with van der Waals surface area (Å²) in [6, 6.07) is 12.7. The van der Waals surface area contributed by atoms with Gasteiger partial charge in [-0.3, -0.25) is 9.59 Å². The normalized spacial score (nSPS) is 17.0. The van der Waals surface area contributed by atoms with Crippen LogP contribution in [0.3, 0.4) is 0 Å². The molecule has 0 radical (unpaired) electrons. The SMILES string of the molecule is O=C(NC[C@H](c1cccs1)N1CCc2ccccc21)C(=O)NC1CC1. The maximum Gasteiger partial charge on any atom is 0.309 e. The highest BCUT2D eigenvalue weighted by Crippen LogP contribution is 2.36. The van der Waals surface area contributed by atoms with Crippen LogP contribution in [-0.4, -0.2) is 30.9 Å². The fraction of sp³-hybridized carbons (Fsp3) is 0.368. The Bertz CT molecular complexity index is 771. The van der Waals surface area contributed by atoms with E-state index in [1.54, 1.807) is 11.3 Å².